The van der Waals surface area contributed by atoms with Gasteiger partial charge in [-0.25, -0.2) is 0 Å². The number of guanidine groups is 1. The predicted octanol–water partition coefficient (Wildman–Crippen LogP) is 2.83. The Morgan fingerprint density at radius 2 is 2.33 bits per heavy atom. The summed E-state index contributed by atoms with van der Waals surface area (Å²) >= 11 is 1.81. The van der Waals surface area contributed by atoms with Crippen molar-refractivity contribution in [2.45, 2.75) is 32.1 Å². The standard InChI is InChI=1S/C16H27N3OS/c1-13(15-5-3-10-21-15)11-19-16(17-2)18-8-4-9-20-12-14-6-7-14/h3,5,10,13-14H,4,6-9,11-12H2,1-2H3,(H2,17,18,19). The molecule has 1 fully saturated rings. The Labute approximate surface area is 132 Å². The smallest absolute Gasteiger partial charge is 0.190 e. The second-order valence-electron chi connectivity index (χ2n) is 5.67. The fourth-order valence-corrected chi connectivity index (χ4v) is 2.85. The summed E-state index contributed by atoms with van der Waals surface area (Å²) in [7, 11) is 1.81. The number of ether oxygens (including phenoxy) is 1. The molecule has 0 aromatic carbocycles. The van der Waals surface area contributed by atoms with Crippen molar-refractivity contribution in [3.8, 4) is 0 Å². The summed E-state index contributed by atoms with van der Waals surface area (Å²) in [5.74, 6) is 2.23. The van der Waals surface area contributed by atoms with Crippen molar-refractivity contribution >= 4 is 17.3 Å². The Bertz CT molecular complexity index is 415. The first-order chi connectivity index (χ1) is 10.3. The van der Waals surface area contributed by atoms with E-state index in [2.05, 4.69) is 40.1 Å². The van der Waals surface area contributed by atoms with E-state index < -0.39 is 0 Å². The van der Waals surface area contributed by atoms with Crippen molar-refractivity contribution < 1.29 is 4.74 Å². The summed E-state index contributed by atoms with van der Waals surface area (Å²) in [4.78, 5) is 5.66. The highest BCUT2D eigenvalue weighted by molar-refractivity contribution is 7.10. The molecular weight excluding hydrogens is 282 g/mol. The van der Waals surface area contributed by atoms with Gasteiger partial charge in [0.15, 0.2) is 5.96 Å². The maximum absolute atomic E-state index is 5.62. The SMILES string of the molecule is CN=C(NCCCOCC1CC1)NCC(C)c1cccs1. The molecule has 118 valence electrons. The molecule has 0 aliphatic heterocycles. The first kappa shape index (κ1) is 16.3. The maximum atomic E-state index is 5.62. The van der Waals surface area contributed by atoms with Crippen LogP contribution < -0.4 is 10.6 Å². The van der Waals surface area contributed by atoms with E-state index in [1.54, 1.807) is 0 Å². The number of nitrogens with one attached hydrogen (secondary N) is 2. The summed E-state index contributed by atoms with van der Waals surface area (Å²) in [5, 5.41) is 8.84. The molecule has 0 amide bonds. The third-order valence-corrected chi connectivity index (χ3v) is 4.74. The van der Waals surface area contributed by atoms with Crippen molar-refractivity contribution in [3.05, 3.63) is 22.4 Å². The normalized spacial score (nSPS) is 16.8. The van der Waals surface area contributed by atoms with Gasteiger partial charge >= 0.3 is 0 Å². The minimum Gasteiger partial charge on any atom is -0.381 e. The lowest BCUT2D eigenvalue weighted by atomic mass is 10.1. The molecule has 1 heterocycles. The van der Waals surface area contributed by atoms with E-state index in [9.17, 15) is 0 Å². The molecule has 0 spiro atoms. The number of aliphatic imine (C=N–C) groups is 1. The van der Waals surface area contributed by atoms with Crippen LogP contribution >= 0.6 is 11.3 Å². The first-order valence-corrected chi connectivity index (χ1v) is 8.73. The number of hydrogen-bond donors (Lipinski definition) is 2. The average molecular weight is 309 g/mol. The summed E-state index contributed by atoms with van der Waals surface area (Å²) in [6.07, 6.45) is 3.74. The number of nitrogens with zero attached hydrogens (tertiary/aromatic N) is 1. The van der Waals surface area contributed by atoms with Gasteiger partial charge in [0.25, 0.3) is 0 Å². The minimum atomic E-state index is 0.505. The van der Waals surface area contributed by atoms with Gasteiger partial charge in [-0.15, -0.1) is 11.3 Å². The summed E-state index contributed by atoms with van der Waals surface area (Å²) < 4.78 is 5.62. The molecule has 4 nitrogen and oxygen atoms in total. The van der Waals surface area contributed by atoms with E-state index in [0.717, 1.165) is 44.6 Å². The predicted molar refractivity (Wildman–Crippen MR) is 90.3 cm³/mol. The van der Waals surface area contributed by atoms with Crippen molar-refractivity contribution in [2.75, 3.05) is 33.4 Å². The molecule has 1 aromatic rings. The van der Waals surface area contributed by atoms with Crippen LogP contribution in [0, 0.1) is 5.92 Å². The van der Waals surface area contributed by atoms with E-state index in [1.165, 1.54) is 17.7 Å². The van der Waals surface area contributed by atoms with Crippen molar-refractivity contribution in [2.24, 2.45) is 10.9 Å². The van der Waals surface area contributed by atoms with Gasteiger partial charge in [-0.05, 0) is 36.6 Å². The summed E-state index contributed by atoms with van der Waals surface area (Å²) in [6, 6.07) is 4.29. The summed E-state index contributed by atoms with van der Waals surface area (Å²) in [6.45, 7) is 5.82. The molecule has 0 radical (unpaired) electrons. The minimum absolute atomic E-state index is 0.505. The molecular formula is C16H27N3OS. The van der Waals surface area contributed by atoms with E-state index in [1.807, 2.05) is 18.4 Å². The fourth-order valence-electron chi connectivity index (χ4n) is 2.06. The molecule has 1 aromatic heterocycles. The molecule has 5 heteroatoms. The van der Waals surface area contributed by atoms with Gasteiger partial charge in [0, 0.05) is 44.1 Å². The number of thiophene rings is 1. The second kappa shape index (κ2) is 9.05. The maximum Gasteiger partial charge on any atom is 0.190 e. The van der Waals surface area contributed by atoms with Gasteiger partial charge in [-0.1, -0.05) is 13.0 Å². The van der Waals surface area contributed by atoms with Gasteiger partial charge in [-0.3, -0.25) is 4.99 Å². The zero-order chi connectivity index (χ0) is 14.9. The number of rotatable bonds is 9. The van der Waals surface area contributed by atoms with E-state index >= 15 is 0 Å². The zero-order valence-electron chi connectivity index (χ0n) is 13.1. The highest BCUT2D eigenvalue weighted by atomic mass is 32.1. The van der Waals surface area contributed by atoms with Gasteiger partial charge < -0.3 is 15.4 Å². The Morgan fingerprint density at radius 3 is 3.00 bits per heavy atom. The number of hydrogen-bond acceptors (Lipinski definition) is 3. The quantitative estimate of drug-likeness (QED) is 0.419. The van der Waals surface area contributed by atoms with Gasteiger partial charge in [0.1, 0.15) is 0 Å². The third kappa shape index (κ3) is 6.48. The third-order valence-electron chi connectivity index (χ3n) is 3.64. The van der Waals surface area contributed by atoms with Crippen LogP contribution in [0.2, 0.25) is 0 Å². The Morgan fingerprint density at radius 1 is 1.48 bits per heavy atom. The van der Waals surface area contributed by atoms with E-state index in [0.29, 0.717) is 5.92 Å². The van der Waals surface area contributed by atoms with Crippen LogP contribution in [0.15, 0.2) is 22.5 Å². The van der Waals surface area contributed by atoms with Crippen LogP contribution in [-0.4, -0.2) is 39.3 Å². The molecule has 21 heavy (non-hydrogen) atoms. The van der Waals surface area contributed by atoms with Crippen LogP contribution in [0.4, 0.5) is 0 Å². The second-order valence-corrected chi connectivity index (χ2v) is 6.65. The van der Waals surface area contributed by atoms with Crippen LogP contribution in [0.1, 0.15) is 37.0 Å². The average Bonchev–Trinajstić information content (AvgIpc) is 3.15. The lowest BCUT2D eigenvalue weighted by molar-refractivity contribution is 0.123. The molecule has 1 unspecified atom stereocenters. The largest absolute Gasteiger partial charge is 0.381 e. The van der Waals surface area contributed by atoms with E-state index in [4.69, 9.17) is 4.74 Å². The Hall–Kier alpha value is -1.07. The Balaban J connectivity index is 1.53. The van der Waals surface area contributed by atoms with Crippen molar-refractivity contribution in [1.82, 2.24) is 10.6 Å². The fraction of sp³-hybridized carbons (Fsp3) is 0.688. The topological polar surface area (TPSA) is 45.7 Å². The van der Waals surface area contributed by atoms with Gasteiger partial charge in [0.2, 0.25) is 0 Å². The van der Waals surface area contributed by atoms with Crippen LogP contribution in [0.5, 0.6) is 0 Å². The lowest BCUT2D eigenvalue weighted by Gasteiger charge is -2.15. The first-order valence-electron chi connectivity index (χ1n) is 7.85. The van der Waals surface area contributed by atoms with Gasteiger partial charge in [-0.2, -0.15) is 0 Å². The zero-order valence-corrected chi connectivity index (χ0v) is 13.9. The monoisotopic (exact) mass is 309 g/mol. The van der Waals surface area contributed by atoms with Gasteiger partial charge in [0.05, 0.1) is 0 Å². The lowest BCUT2D eigenvalue weighted by Crippen LogP contribution is -2.39. The molecule has 1 aliphatic rings. The van der Waals surface area contributed by atoms with Crippen LogP contribution in [-0.2, 0) is 4.74 Å². The van der Waals surface area contributed by atoms with Crippen LogP contribution in [0.25, 0.3) is 0 Å². The van der Waals surface area contributed by atoms with Crippen molar-refractivity contribution in [1.29, 1.82) is 0 Å². The highest BCUT2D eigenvalue weighted by Crippen LogP contribution is 2.28. The molecule has 1 atom stereocenters. The molecule has 0 bridgehead atoms. The van der Waals surface area contributed by atoms with E-state index in [-0.39, 0.29) is 0 Å². The molecule has 0 saturated heterocycles. The summed E-state index contributed by atoms with van der Waals surface area (Å²) in [5.41, 5.74) is 0. The van der Waals surface area contributed by atoms with Crippen molar-refractivity contribution in [3.63, 3.8) is 0 Å². The molecule has 2 N–H and O–H groups in total. The molecule has 2 rings (SSSR count). The molecule has 1 aliphatic carbocycles. The van der Waals surface area contributed by atoms with Crippen LogP contribution in [0.3, 0.4) is 0 Å². The highest BCUT2D eigenvalue weighted by Gasteiger charge is 2.20. The molecule has 1 saturated carbocycles. The Kier molecular flexibility index (Phi) is 7.03.